The Morgan fingerprint density at radius 3 is 2.15 bits per heavy atom. The standard InChI is InChI=1S/C22H28N2O3/c1-16(2)22(26)24(15-19-8-6-5-7-9-19)17(3)21(25)23-14-18-10-12-20(27-4)13-11-18/h5-13,16-17H,14-15H2,1-4H3,(H,23,25)/t17-/m0/s1. The summed E-state index contributed by atoms with van der Waals surface area (Å²) in [4.78, 5) is 27.0. The molecule has 1 N–H and O–H groups in total. The van der Waals surface area contributed by atoms with Gasteiger partial charge in [-0.25, -0.2) is 0 Å². The summed E-state index contributed by atoms with van der Waals surface area (Å²) < 4.78 is 5.14. The Bertz CT molecular complexity index is 742. The molecule has 0 bridgehead atoms. The third-order valence-corrected chi connectivity index (χ3v) is 4.45. The molecular weight excluding hydrogens is 340 g/mol. The molecule has 0 spiro atoms. The quantitative estimate of drug-likeness (QED) is 0.777. The molecule has 0 aliphatic carbocycles. The number of nitrogens with zero attached hydrogens (tertiary/aromatic N) is 1. The number of hydrogen-bond donors (Lipinski definition) is 1. The van der Waals surface area contributed by atoms with Crippen LogP contribution in [0.3, 0.4) is 0 Å². The van der Waals surface area contributed by atoms with Crippen LogP contribution in [-0.2, 0) is 22.7 Å². The number of amides is 2. The van der Waals surface area contributed by atoms with Crippen molar-refractivity contribution in [2.24, 2.45) is 5.92 Å². The molecule has 0 unspecified atom stereocenters. The Balaban J connectivity index is 2.04. The smallest absolute Gasteiger partial charge is 0.242 e. The van der Waals surface area contributed by atoms with Crippen LogP contribution in [0.1, 0.15) is 31.9 Å². The van der Waals surface area contributed by atoms with Gasteiger partial charge in [-0.3, -0.25) is 9.59 Å². The van der Waals surface area contributed by atoms with Crippen molar-refractivity contribution >= 4 is 11.8 Å². The molecule has 0 heterocycles. The van der Waals surface area contributed by atoms with Crippen LogP contribution < -0.4 is 10.1 Å². The minimum atomic E-state index is -0.557. The van der Waals surface area contributed by atoms with E-state index in [2.05, 4.69) is 5.32 Å². The number of nitrogens with one attached hydrogen (secondary N) is 1. The highest BCUT2D eigenvalue weighted by atomic mass is 16.5. The third kappa shape index (κ3) is 5.84. The predicted octanol–water partition coefficient (Wildman–Crippen LogP) is 3.38. The molecule has 27 heavy (non-hydrogen) atoms. The summed E-state index contributed by atoms with van der Waals surface area (Å²) >= 11 is 0. The van der Waals surface area contributed by atoms with Crippen LogP contribution in [0.5, 0.6) is 5.75 Å². The first kappa shape index (κ1) is 20.5. The topological polar surface area (TPSA) is 58.6 Å². The summed E-state index contributed by atoms with van der Waals surface area (Å²) in [7, 11) is 1.62. The Morgan fingerprint density at radius 2 is 1.59 bits per heavy atom. The van der Waals surface area contributed by atoms with Crippen LogP contribution in [0, 0.1) is 5.92 Å². The van der Waals surface area contributed by atoms with Gasteiger partial charge in [-0.2, -0.15) is 0 Å². The maximum absolute atomic E-state index is 12.7. The Hall–Kier alpha value is -2.82. The molecule has 0 saturated heterocycles. The van der Waals surface area contributed by atoms with E-state index in [0.29, 0.717) is 13.1 Å². The second-order valence-electron chi connectivity index (χ2n) is 6.85. The van der Waals surface area contributed by atoms with E-state index in [4.69, 9.17) is 4.74 Å². The maximum atomic E-state index is 12.7. The number of methoxy groups -OCH3 is 1. The summed E-state index contributed by atoms with van der Waals surface area (Å²) in [6.45, 7) is 6.29. The Labute approximate surface area is 161 Å². The highest BCUT2D eigenvalue weighted by Gasteiger charge is 2.27. The van der Waals surface area contributed by atoms with Crippen molar-refractivity contribution in [3.05, 3.63) is 65.7 Å². The van der Waals surface area contributed by atoms with E-state index in [-0.39, 0.29) is 17.7 Å². The number of benzene rings is 2. The molecule has 2 amide bonds. The predicted molar refractivity (Wildman–Crippen MR) is 106 cm³/mol. The number of hydrogen-bond acceptors (Lipinski definition) is 3. The lowest BCUT2D eigenvalue weighted by atomic mass is 10.1. The molecule has 0 aliphatic heterocycles. The van der Waals surface area contributed by atoms with Crippen LogP contribution in [0.15, 0.2) is 54.6 Å². The van der Waals surface area contributed by atoms with Crippen LogP contribution in [0.4, 0.5) is 0 Å². The molecule has 5 nitrogen and oxygen atoms in total. The maximum Gasteiger partial charge on any atom is 0.242 e. The first-order chi connectivity index (χ1) is 12.9. The minimum Gasteiger partial charge on any atom is -0.497 e. The van der Waals surface area contributed by atoms with Gasteiger partial charge in [0.1, 0.15) is 11.8 Å². The van der Waals surface area contributed by atoms with Gasteiger partial charge in [-0.15, -0.1) is 0 Å². The monoisotopic (exact) mass is 368 g/mol. The van der Waals surface area contributed by atoms with Crippen molar-refractivity contribution in [2.45, 2.75) is 39.9 Å². The fraction of sp³-hybridized carbons (Fsp3) is 0.364. The fourth-order valence-corrected chi connectivity index (χ4v) is 2.74. The zero-order valence-corrected chi connectivity index (χ0v) is 16.4. The average Bonchev–Trinajstić information content (AvgIpc) is 2.70. The minimum absolute atomic E-state index is 0.0362. The Morgan fingerprint density at radius 1 is 0.963 bits per heavy atom. The number of ether oxygens (including phenoxy) is 1. The second kappa shape index (κ2) is 9.76. The molecule has 5 heteroatoms. The first-order valence-corrected chi connectivity index (χ1v) is 9.17. The van der Waals surface area contributed by atoms with E-state index < -0.39 is 6.04 Å². The number of rotatable bonds is 8. The van der Waals surface area contributed by atoms with Crippen molar-refractivity contribution < 1.29 is 14.3 Å². The van der Waals surface area contributed by atoms with Gasteiger partial charge in [-0.1, -0.05) is 56.3 Å². The van der Waals surface area contributed by atoms with Crippen molar-refractivity contribution in [1.82, 2.24) is 10.2 Å². The van der Waals surface area contributed by atoms with Crippen LogP contribution in [0.2, 0.25) is 0 Å². The summed E-state index contributed by atoms with van der Waals surface area (Å²) in [5.74, 6) is 0.391. The molecule has 0 saturated carbocycles. The van der Waals surface area contributed by atoms with Gasteiger partial charge >= 0.3 is 0 Å². The molecule has 1 atom stereocenters. The van der Waals surface area contributed by atoms with Crippen molar-refractivity contribution in [3.63, 3.8) is 0 Å². The molecule has 0 radical (unpaired) electrons. The Kier molecular flexibility index (Phi) is 7.41. The molecule has 0 aromatic heterocycles. The molecule has 0 aliphatic rings. The zero-order chi connectivity index (χ0) is 19.8. The first-order valence-electron chi connectivity index (χ1n) is 9.17. The number of carbonyl (C=O) groups excluding carboxylic acids is 2. The molecule has 144 valence electrons. The van der Waals surface area contributed by atoms with E-state index >= 15 is 0 Å². The van der Waals surface area contributed by atoms with Crippen molar-refractivity contribution in [2.75, 3.05) is 7.11 Å². The van der Waals surface area contributed by atoms with Crippen molar-refractivity contribution in [1.29, 1.82) is 0 Å². The SMILES string of the molecule is COc1ccc(CNC(=O)[C@H](C)N(Cc2ccccc2)C(=O)C(C)C)cc1. The molecule has 2 aromatic rings. The molecule has 0 fully saturated rings. The summed E-state index contributed by atoms with van der Waals surface area (Å²) in [5, 5.41) is 2.92. The van der Waals surface area contributed by atoms with Gasteiger partial charge in [0.15, 0.2) is 0 Å². The third-order valence-electron chi connectivity index (χ3n) is 4.45. The zero-order valence-electron chi connectivity index (χ0n) is 16.4. The van der Waals surface area contributed by atoms with E-state index in [0.717, 1.165) is 16.9 Å². The van der Waals surface area contributed by atoms with Gasteiger partial charge in [0.2, 0.25) is 11.8 Å². The molecular formula is C22H28N2O3. The van der Waals surface area contributed by atoms with Gasteiger partial charge in [0.05, 0.1) is 7.11 Å². The van der Waals surface area contributed by atoms with E-state index in [9.17, 15) is 9.59 Å². The normalized spacial score (nSPS) is 11.7. The second-order valence-corrected chi connectivity index (χ2v) is 6.85. The lowest BCUT2D eigenvalue weighted by molar-refractivity contribution is -0.143. The summed E-state index contributed by atoms with van der Waals surface area (Å²) in [6, 6.07) is 16.7. The van der Waals surface area contributed by atoms with E-state index in [1.165, 1.54) is 0 Å². The summed E-state index contributed by atoms with van der Waals surface area (Å²) in [5.41, 5.74) is 1.97. The van der Waals surface area contributed by atoms with Gasteiger partial charge < -0.3 is 15.0 Å². The van der Waals surface area contributed by atoms with Crippen LogP contribution in [-0.4, -0.2) is 29.9 Å². The van der Waals surface area contributed by atoms with Crippen LogP contribution >= 0.6 is 0 Å². The lowest BCUT2D eigenvalue weighted by Gasteiger charge is -2.30. The van der Waals surface area contributed by atoms with Crippen molar-refractivity contribution in [3.8, 4) is 5.75 Å². The van der Waals surface area contributed by atoms with E-state index in [1.54, 1.807) is 18.9 Å². The highest BCUT2D eigenvalue weighted by Crippen LogP contribution is 2.14. The van der Waals surface area contributed by atoms with Crippen LogP contribution in [0.25, 0.3) is 0 Å². The molecule has 2 aromatic carbocycles. The van der Waals surface area contributed by atoms with E-state index in [1.807, 2.05) is 68.4 Å². The number of carbonyl (C=O) groups is 2. The van der Waals surface area contributed by atoms with Gasteiger partial charge in [-0.05, 0) is 30.2 Å². The largest absolute Gasteiger partial charge is 0.497 e. The van der Waals surface area contributed by atoms with Gasteiger partial charge in [0.25, 0.3) is 0 Å². The van der Waals surface area contributed by atoms with Gasteiger partial charge in [0, 0.05) is 19.0 Å². The lowest BCUT2D eigenvalue weighted by Crippen LogP contribution is -2.48. The average molecular weight is 368 g/mol. The molecule has 2 rings (SSSR count). The fourth-order valence-electron chi connectivity index (χ4n) is 2.74. The summed E-state index contributed by atoms with van der Waals surface area (Å²) in [6.07, 6.45) is 0. The highest BCUT2D eigenvalue weighted by molar-refractivity contribution is 5.88.